The molecule has 1 aliphatic heterocycles. The molecule has 164 valence electrons. The van der Waals surface area contributed by atoms with Crippen molar-refractivity contribution >= 4 is 16.0 Å². The van der Waals surface area contributed by atoms with Gasteiger partial charge in [-0.3, -0.25) is 0 Å². The summed E-state index contributed by atoms with van der Waals surface area (Å²) in [5.74, 6) is -0.646. The Bertz CT molecular complexity index is 1080. The lowest BCUT2D eigenvalue weighted by atomic mass is 9.98. The van der Waals surface area contributed by atoms with Crippen molar-refractivity contribution in [1.29, 1.82) is 0 Å². The van der Waals surface area contributed by atoms with Crippen LogP contribution in [0.15, 0.2) is 65.1 Å². The fourth-order valence-corrected chi connectivity index (χ4v) is 6.61. The minimum atomic E-state index is -3.90. The number of benzene rings is 2. The second-order valence-electron chi connectivity index (χ2n) is 8.84. The van der Waals surface area contributed by atoms with Crippen LogP contribution in [0.5, 0.6) is 0 Å². The van der Waals surface area contributed by atoms with Crippen molar-refractivity contribution < 1.29 is 18.3 Å². The second kappa shape index (κ2) is 8.60. The first kappa shape index (κ1) is 21.8. The van der Waals surface area contributed by atoms with Crippen LogP contribution in [0.4, 0.5) is 0 Å². The number of sulfonamides is 1. The molecule has 0 spiro atoms. The SMILES string of the molecule is Cc1ccc([C@H]2C(C(=O)O)=C[C@@H](CC3CCCC3)N2S(=O)(=O)c2ccc(C)cc2)cc1. The molecular formula is C25H29NO4S. The molecule has 6 heteroatoms. The quantitative estimate of drug-likeness (QED) is 0.687. The highest BCUT2D eigenvalue weighted by Gasteiger charge is 2.46. The van der Waals surface area contributed by atoms with Crippen molar-refractivity contribution in [3.8, 4) is 0 Å². The first-order valence-electron chi connectivity index (χ1n) is 10.9. The van der Waals surface area contributed by atoms with Gasteiger partial charge in [0.1, 0.15) is 0 Å². The van der Waals surface area contributed by atoms with Gasteiger partial charge in [-0.05, 0) is 43.9 Å². The molecule has 1 N–H and O–H groups in total. The Balaban J connectivity index is 1.82. The summed E-state index contributed by atoms with van der Waals surface area (Å²) < 4.78 is 29.1. The molecule has 0 aromatic heterocycles. The molecule has 2 aliphatic rings. The normalized spacial score (nSPS) is 22.6. The predicted octanol–water partition coefficient (Wildman–Crippen LogP) is 5.01. The molecule has 1 heterocycles. The molecule has 2 aromatic carbocycles. The molecule has 1 aliphatic carbocycles. The highest BCUT2D eigenvalue weighted by Crippen LogP contribution is 2.44. The molecule has 4 rings (SSSR count). The van der Waals surface area contributed by atoms with E-state index in [0.29, 0.717) is 17.9 Å². The maximum absolute atomic E-state index is 13.8. The van der Waals surface area contributed by atoms with Crippen LogP contribution >= 0.6 is 0 Å². The third-order valence-corrected chi connectivity index (χ3v) is 8.44. The third kappa shape index (κ3) is 4.32. The highest BCUT2D eigenvalue weighted by molar-refractivity contribution is 7.89. The number of carboxylic acid groups (broad SMARTS) is 1. The molecule has 31 heavy (non-hydrogen) atoms. The summed E-state index contributed by atoms with van der Waals surface area (Å²) in [5, 5.41) is 9.98. The number of carboxylic acids is 1. The van der Waals surface area contributed by atoms with E-state index in [9.17, 15) is 18.3 Å². The number of aliphatic carboxylic acids is 1. The average molecular weight is 440 g/mol. The van der Waals surface area contributed by atoms with E-state index in [2.05, 4.69) is 0 Å². The van der Waals surface area contributed by atoms with Crippen LogP contribution in [0, 0.1) is 19.8 Å². The molecule has 1 saturated carbocycles. The summed E-state index contributed by atoms with van der Waals surface area (Å²) in [5.41, 5.74) is 2.84. The van der Waals surface area contributed by atoms with Crippen molar-refractivity contribution in [3.05, 3.63) is 76.9 Å². The lowest BCUT2D eigenvalue weighted by Crippen LogP contribution is -2.39. The van der Waals surface area contributed by atoms with E-state index in [0.717, 1.165) is 36.8 Å². The van der Waals surface area contributed by atoms with Gasteiger partial charge in [-0.25, -0.2) is 13.2 Å². The Morgan fingerprint density at radius 3 is 2.06 bits per heavy atom. The topological polar surface area (TPSA) is 74.7 Å². The predicted molar refractivity (Wildman–Crippen MR) is 120 cm³/mol. The number of rotatable bonds is 6. The monoisotopic (exact) mass is 439 g/mol. The Labute approximate surface area is 184 Å². The van der Waals surface area contributed by atoms with Crippen LogP contribution in [0.2, 0.25) is 0 Å². The Kier molecular flexibility index (Phi) is 6.04. The molecule has 0 unspecified atom stereocenters. The van der Waals surface area contributed by atoms with Crippen LogP contribution in [-0.4, -0.2) is 29.8 Å². The van der Waals surface area contributed by atoms with Gasteiger partial charge in [0.15, 0.2) is 0 Å². The molecular weight excluding hydrogens is 410 g/mol. The summed E-state index contributed by atoms with van der Waals surface area (Å²) in [6, 6.07) is 13.0. The van der Waals surface area contributed by atoms with E-state index in [1.807, 2.05) is 38.1 Å². The molecule has 2 aromatic rings. The fourth-order valence-electron chi connectivity index (χ4n) is 4.87. The summed E-state index contributed by atoms with van der Waals surface area (Å²) in [6.07, 6.45) is 6.78. The number of hydrogen-bond acceptors (Lipinski definition) is 3. The standard InChI is InChI=1S/C25H29NO4S/c1-17-7-11-20(12-8-17)24-23(25(27)28)16-21(15-19-5-3-4-6-19)26(24)31(29,30)22-13-9-18(2)10-14-22/h7-14,16,19,21,24H,3-6,15H2,1-2H3,(H,27,28)/t21-,24+/m1/s1. The van der Waals surface area contributed by atoms with Crippen molar-refractivity contribution in [2.75, 3.05) is 0 Å². The zero-order chi connectivity index (χ0) is 22.2. The molecule has 1 fully saturated rings. The summed E-state index contributed by atoms with van der Waals surface area (Å²) in [4.78, 5) is 12.4. The Morgan fingerprint density at radius 1 is 0.968 bits per heavy atom. The molecule has 2 atom stereocenters. The van der Waals surface area contributed by atoms with E-state index in [1.165, 1.54) is 4.31 Å². The van der Waals surface area contributed by atoms with E-state index in [1.54, 1.807) is 30.3 Å². The van der Waals surface area contributed by atoms with Gasteiger partial charge >= 0.3 is 5.97 Å². The molecule has 0 radical (unpaired) electrons. The van der Waals surface area contributed by atoms with Crippen LogP contribution in [0.3, 0.4) is 0 Å². The van der Waals surface area contributed by atoms with Gasteiger partial charge in [0.2, 0.25) is 10.0 Å². The zero-order valence-electron chi connectivity index (χ0n) is 18.0. The van der Waals surface area contributed by atoms with Crippen molar-refractivity contribution in [1.82, 2.24) is 4.31 Å². The van der Waals surface area contributed by atoms with Crippen LogP contribution < -0.4 is 0 Å². The largest absolute Gasteiger partial charge is 0.478 e. The number of carbonyl (C=O) groups is 1. The fraction of sp³-hybridized carbons (Fsp3) is 0.400. The summed E-state index contributed by atoms with van der Waals surface area (Å²) in [6.45, 7) is 3.87. The Hall–Kier alpha value is -2.44. The molecule has 0 bridgehead atoms. The lowest BCUT2D eigenvalue weighted by Gasteiger charge is -2.32. The van der Waals surface area contributed by atoms with Crippen LogP contribution in [0.25, 0.3) is 0 Å². The Morgan fingerprint density at radius 2 is 1.52 bits per heavy atom. The van der Waals surface area contributed by atoms with Gasteiger partial charge in [0, 0.05) is 6.04 Å². The number of nitrogens with zero attached hydrogens (tertiary/aromatic N) is 1. The number of aryl methyl sites for hydroxylation is 2. The van der Waals surface area contributed by atoms with Crippen LogP contribution in [0.1, 0.15) is 54.8 Å². The van der Waals surface area contributed by atoms with Crippen molar-refractivity contribution in [2.24, 2.45) is 5.92 Å². The van der Waals surface area contributed by atoms with E-state index in [-0.39, 0.29) is 10.5 Å². The van der Waals surface area contributed by atoms with Gasteiger partial charge in [0.25, 0.3) is 0 Å². The minimum Gasteiger partial charge on any atom is -0.478 e. The van der Waals surface area contributed by atoms with E-state index >= 15 is 0 Å². The average Bonchev–Trinajstić information content (AvgIpc) is 3.37. The van der Waals surface area contributed by atoms with E-state index in [4.69, 9.17) is 0 Å². The molecule has 5 nitrogen and oxygen atoms in total. The smallest absolute Gasteiger partial charge is 0.333 e. The van der Waals surface area contributed by atoms with E-state index < -0.39 is 28.1 Å². The second-order valence-corrected chi connectivity index (χ2v) is 10.7. The first-order valence-corrected chi connectivity index (χ1v) is 12.3. The maximum atomic E-state index is 13.8. The molecule has 0 saturated heterocycles. The first-order chi connectivity index (χ1) is 14.8. The zero-order valence-corrected chi connectivity index (χ0v) is 18.8. The number of hydrogen-bond donors (Lipinski definition) is 1. The third-order valence-electron chi connectivity index (χ3n) is 6.53. The van der Waals surface area contributed by atoms with Crippen LogP contribution in [-0.2, 0) is 14.8 Å². The van der Waals surface area contributed by atoms with Crippen molar-refractivity contribution in [3.63, 3.8) is 0 Å². The van der Waals surface area contributed by atoms with Crippen molar-refractivity contribution in [2.45, 2.75) is 62.9 Å². The maximum Gasteiger partial charge on any atom is 0.333 e. The molecule has 0 amide bonds. The van der Waals surface area contributed by atoms with Gasteiger partial charge < -0.3 is 5.11 Å². The van der Waals surface area contributed by atoms with Gasteiger partial charge in [-0.1, -0.05) is 79.3 Å². The van der Waals surface area contributed by atoms with Gasteiger partial charge in [-0.15, -0.1) is 0 Å². The summed E-state index contributed by atoms with van der Waals surface area (Å²) in [7, 11) is -3.90. The highest BCUT2D eigenvalue weighted by atomic mass is 32.2. The van der Waals surface area contributed by atoms with Gasteiger partial charge in [-0.2, -0.15) is 4.31 Å². The summed E-state index contributed by atoms with van der Waals surface area (Å²) >= 11 is 0. The van der Waals surface area contributed by atoms with Gasteiger partial charge in [0.05, 0.1) is 16.5 Å². The minimum absolute atomic E-state index is 0.141. The lowest BCUT2D eigenvalue weighted by molar-refractivity contribution is -0.133.